The van der Waals surface area contributed by atoms with Crippen LogP contribution in [0.4, 0.5) is 0 Å². The third-order valence-electron chi connectivity index (χ3n) is 5.00. The first kappa shape index (κ1) is 16.7. The van der Waals surface area contributed by atoms with E-state index in [4.69, 9.17) is 21.1 Å². The Balaban J connectivity index is 1.54. The Labute approximate surface area is 142 Å². The Morgan fingerprint density at radius 3 is 2.70 bits per heavy atom. The molecule has 2 saturated heterocycles. The number of amides is 1. The topological polar surface area (TPSA) is 38.8 Å². The number of halogens is 1. The molecule has 1 aromatic rings. The minimum atomic E-state index is 0.0984. The van der Waals surface area contributed by atoms with Gasteiger partial charge in [-0.3, -0.25) is 4.79 Å². The molecule has 0 bridgehead atoms. The minimum Gasteiger partial charge on any atom is -0.379 e. The molecule has 2 aliphatic rings. The minimum absolute atomic E-state index is 0.0984. The van der Waals surface area contributed by atoms with E-state index < -0.39 is 0 Å². The van der Waals surface area contributed by atoms with E-state index in [1.807, 2.05) is 11.8 Å². The Bertz CT molecular complexity index is 538. The number of likely N-dealkylation sites (tertiary alicyclic amines) is 1. The molecule has 2 fully saturated rings. The van der Waals surface area contributed by atoms with Crippen molar-refractivity contribution in [2.75, 3.05) is 32.9 Å². The first-order valence-electron chi connectivity index (χ1n) is 8.36. The third kappa shape index (κ3) is 3.87. The summed E-state index contributed by atoms with van der Waals surface area (Å²) in [5.41, 5.74) is 0.945. The monoisotopic (exact) mass is 337 g/mol. The largest absolute Gasteiger partial charge is 0.379 e. The van der Waals surface area contributed by atoms with Gasteiger partial charge in [0.1, 0.15) is 0 Å². The summed E-state index contributed by atoms with van der Waals surface area (Å²) in [6.07, 6.45) is 3.29. The maximum Gasteiger partial charge on any atom is 0.253 e. The molecule has 3 rings (SSSR count). The van der Waals surface area contributed by atoms with Crippen molar-refractivity contribution in [1.82, 2.24) is 4.90 Å². The molecular formula is C18H24ClNO3. The van der Waals surface area contributed by atoms with Gasteiger partial charge in [-0.15, -0.1) is 0 Å². The lowest BCUT2D eigenvalue weighted by molar-refractivity contribution is 0.0159. The van der Waals surface area contributed by atoms with Crippen molar-refractivity contribution in [1.29, 1.82) is 0 Å². The molecule has 1 aromatic carbocycles. The van der Waals surface area contributed by atoms with Crippen LogP contribution in [0.3, 0.4) is 0 Å². The molecule has 0 aromatic heterocycles. The van der Waals surface area contributed by atoms with Gasteiger partial charge in [-0.25, -0.2) is 0 Å². The average molecular weight is 338 g/mol. The van der Waals surface area contributed by atoms with Gasteiger partial charge in [0.15, 0.2) is 0 Å². The zero-order valence-electron chi connectivity index (χ0n) is 13.6. The first-order chi connectivity index (χ1) is 11.1. The molecule has 0 saturated carbocycles. The molecule has 1 atom stereocenters. The molecule has 0 N–H and O–H groups in total. The molecule has 126 valence electrons. The summed E-state index contributed by atoms with van der Waals surface area (Å²) in [6, 6.07) is 7.13. The van der Waals surface area contributed by atoms with Gasteiger partial charge in [-0.2, -0.15) is 0 Å². The molecule has 2 aliphatic heterocycles. The fourth-order valence-corrected chi connectivity index (χ4v) is 3.69. The van der Waals surface area contributed by atoms with Crippen LogP contribution in [0.25, 0.3) is 0 Å². The predicted molar refractivity (Wildman–Crippen MR) is 89.9 cm³/mol. The SMILES string of the molecule is CCOCC1CC2(CCN(C(=O)c3ccc(Cl)cc3)CC2)CO1. The van der Waals surface area contributed by atoms with E-state index in [1.165, 1.54) is 0 Å². The highest BCUT2D eigenvalue weighted by atomic mass is 35.5. The van der Waals surface area contributed by atoms with E-state index in [2.05, 4.69) is 0 Å². The summed E-state index contributed by atoms with van der Waals surface area (Å²) in [5.74, 6) is 0.0984. The lowest BCUT2D eigenvalue weighted by Gasteiger charge is -2.38. The van der Waals surface area contributed by atoms with Crippen LogP contribution in [0.2, 0.25) is 5.02 Å². The van der Waals surface area contributed by atoms with Crippen LogP contribution in [0.1, 0.15) is 36.5 Å². The van der Waals surface area contributed by atoms with Gasteiger partial charge in [-0.05, 0) is 55.9 Å². The average Bonchev–Trinajstić information content (AvgIpc) is 2.96. The van der Waals surface area contributed by atoms with Gasteiger partial charge >= 0.3 is 0 Å². The van der Waals surface area contributed by atoms with Crippen molar-refractivity contribution in [2.45, 2.75) is 32.3 Å². The van der Waals surface area contributed by atoms with Crippen LogP contribution in [0, 0.1) is 5.41 Å². The van der Waals surface area contributed by atoms with Crippen LogP contribution in [-0.2, 0) is 9.47 Å². The summed E-state index contributed by atoms with van der Waals surface area (Å²) in [7, 11) is 0. The number of benzene rings is 1. The number of nitrogens with zero attached hydrogens (tertiary/aromatic N) is 1. The molecule has 1 unspecified atom stereocenters. The zero-order valence-corrected chi connectivity index (χ0v) is 14.3. The smallest absolute Gasteiger partial charge is 0.253 e. The predicted octanol–water partition coefficient (Wildman–Crippen LogP) is 3.39. The molecule has 1 spiro atoms. The lowest BCUT2D eigenvalue weighted by atomic mass is 9.76. The van der Waals surface area contributed by atoms with Crippen LogP contribution < -0.4 is 0 Å². The Morgan fingerprint density at radius 1 is 1.35 bits per heavy atom. The maximum atomic E-state index is 12.6. The second-order valence-electron chi connectivity index (χ2n) is 6.60. The van der Waals surface area contributed by atoms with E-state index in [0.29, 0.717) is 17.2 Å². The molecular weight excluding hydrogens is 314 g/mol. The molecule has 0 radical (unpaired) electrons. The van der Waals surface area contributed by atoms with Crippen molar-refractivity contribution in [3.05, 3.63) is 34.9 Å². The van der Waals surface area contributed by atoms with Crippen LogP contribution in [0.15, 0.2) is 24.3 Å². The number of carbonyl (C=O) groups is 1. The highest BCUT2D eigenvalue weighted by Gasteiger charge is 2.43. The molecule has 4 nitrogen and oxygen atoms in total. The van der Waals surface area contributed by atoms with Gasteiger partial charge in [0, 0.05) is 30.3 Å². The van der Waals surface area contributed by atoms with Crippen LogP contribution in [0.5, 0.6) is 0 Å². The number of piperidine rings is 1. The Hall–Kier alpha value is -1.10. The molecule has 0 aliphatic carbocycles. The number of carbonyl (C=O) groups excluding carboxylic acids is 1. The molecule has 5 heteroatoms. The molecule has 2 heterocycles. The van der Waals surface area contributed by atoms with E-state index in [9.17, 15) is 4.79 Å². The lowest BCUT2D eigenvalue weighted by Crippen LogP contribution is -2.43. The van der Waals surface area contributed by atoms with Gasteiger partial charge < -0.3 is 14.4 Å². The highest BCUT2D eigenvalue weighted by molar-refractivity contribution is 6.30. The second kappa shape index (κ2) is 7.20. The molecule has 23 heavy (non-hydrogen) atoms. The summed E-state index contributed by atoms with van der Waals surface area (Å²) in [5, 5.41) is 0.655. The van der Waals surface area contributed by atoms with Crippen molar-refractivity contribution in [2.24, 2.45) is 5.41 Å². The second-order valence-corrected chi connectivity index (χ2v) is 7.03. The maximum absolute atomic E-state index is 12.6. The fourth-order valence-electron chi connectivity index (χ4n) is 3.56. The number of rotatable bonds is 4. The first-order valence-corrected chi connectivity index (χ1v) is 8.74. The van der Waals surface area contributed by atoms with Crippen molar-refractivity contribution in [3.8, 4) is 0 Å². The summed E-state index contributed by atoms with van der Waals surface area (Å²) >= 11 is 5.88. The van der Waals surface area contributed by atoms with Gasteiger partial charge in [0.2, 0.25) is 0 Å². The van der Waals surface area contributed by atoms with Gasteiger partial charge in [-0.1, -0.05) is 11.6 Å². The molecule has 1 amide bonds. The number of hydrogen-bond acceptors (Lipinski definition) is 3. The normalized spacial score (nSPS) is 23.4. The van der Waals surface area contributed by atoms with Crippen molar-refractivity contribution < 1.29 is 14.3 Å². The van der Waals surface area contributed by atoms with Crippen molar-refractivity contribution in [3.63, 3.8) is 0 Å². The Kier molecular flexibility index (Phi) is 5.24. The van der Waals surface area contributed by atoms with Crippen molar-refractivity contribution >= 4 is 17.5 Å². The fraction of sp³-hybridized carbons (Fsp3) is 0.611. The zero-order chi connectivity index (χ0) is 16.3. The van der Waals surface area contributed by atoms with E-state index in [1.54, 1.807) is 24.3 Å². The van der Waals surface area contributed by atoms with E-state index >= 15 is 0 Å². The Morgan fingerprint density at radius 2 is 2.04 bits per heavy atom. The van der Waals surface area contributed by atoms with Gasteiger partial charge in [0.05, 0.1) is 19.3 Å². The summed E-state index contributed by atoms with van der Waals surface area (Å²) < 4.78 is 11.4. The van der Waals surface area contributed by atoms with Crippen LogP contribution in [-0.4, -0.2) is 49.8 Å². The quantitative estimate of drug-likeness (QED) is 0.845. The van der Waals surface area contributed by atoms with Gasteiger partial charge in [0.25, 0.3) is 5.91 Å². The third-order valence-corrected chi connectivity index (χ3v) is 5.25. The number of ether oxygens (including phenoxy) is 2. The van der Waals surface area contributed by atoms with E-state index in [0.717, 1.165) is 45.6 Å². The van der Waals surface area contributed by atoms with E-state index in [-0.39, 0.29) is 17.4 Å². The van der Waals surface area contributed by atoms with Crippen LogP contribution >= 0.6 is 11.6 Å². The number of hydrogen-bond donors (Lipinski definition) is 0. The standard InChI is InChI=1S/C18H24ClNO3/c1-2-22-12-16-11-18(13-23-16)7-9-20(10-8-18)17(21)14-3-5-15(19)6-4-14/h3-6,16H,2,7-13H2,1H3. The summed E-state index contributed by atoms with van der Waals surface area (Å²) in [4.78, 5) is 14.5. The summed E-state index contributed by atoms with van der Waals surface area (Å²) in [6.45, 7) is 5.82. The highest BCUT2D eigenvalue weighted by Crippen LogP contribution is 2.42.